The number of amides is 2. The van der Waals surface area contributed by atoms with E-state index in [1.165, 1.54) is 12.8 Å². The first-order valence-electron chi connectivity index (χ1n) is 7.67. The number of carbonyl (C=O) groups excluding carboxylic acids is 2. The van der Waals surface area contributed by atoms with Crippen molar-refractivity contribution in [3.63, 3.8) is 0 Å². The van der Waals surface area contributed by atoms with Crippen LogP contribution in [0.5, 0.6) is 0 Å². The number of nitrogens with one attached hydrogen (secondary N) is 1. The third kappa shape index (κ3) is 3.71. The summed E-state index contributed by atoms with van der Waals surface area (Å²) in [6, 6.07) is 0.252. The summed E-state index contributed by atoms with van der Waals surface area (Å²) in [4.78, 5) is 25.9. The number of rotatable bonds is 3. The molecule has 108 valence electrons. The fraction of sp³-hybridized carbons (Fsp3) is 0.867. The smallest absolute Gasteiger partial charge is 0.225 e. The molecule has 4 heteroatoms. The third-order valence-corrected chi connectivity index (χ3v) is 4.38. The fourth-order valence-corrected chi connectivity index (χ4v) is 3.04. The van der Waals surface area contributed by atoms with Crippen molar-refractivity contribution in [1.29, 1.82) is 0 Å². The van der Waals surface area contributed by atoms with Crippen LogP contribution in [0.25, 0.3) is 0 Å². The van der Waals surface area contributed by atoms with E-state index >= 15 is 0 Å². The van der Waals surface area contributed by atoms with Crippen molar-refractivity contribution in [2.45, 2.75) is 58.4 Å². The summed E-state index contributed by atoms with van der Waals surface area (Å²) in [6.07, 6.45) is 6.36. The Bertz CT molecular complexity index is 327. The zero-order valence-corrected chi connectivity index (χ0v) is 12.2. The molecule has 2 amide bonds. The zero-order chi connectivity index (χ0) is 13.8. The van der Waals surface area contributed by atoms with Gasteiger partial charge in [0.25, 0.3) is 0 Å². The van der Waals surface area contributed by atoms with Crippen molar-refractivity contribution in [2.75, 3.05) is 13.1 Å². The van der Waals surface area contributed by atoms with Gasteiger partial charge in [0.15, 0.2) is 0 Å². The first-order chi connectivity index (χ1) is 9.08. The Labute approximate surface area is 115 Å². The highest BCUT2D eigenvalue weighted by Crippen LogP contribution is 2.27. The van der Waals surface area contributed by atoms with Gasteiger partial charge in [-0.15, -0.1) is 0 Å². The largest absolute Gasteiger partial charge is 0.353 e. The highest BCUT2D eigenvalue weighted by Gasteiger charge is 2.30. The summed E-state index contributed by atoms with van der Waals surface area (Å²) >= 11 is 0. The van der Waals surface area contributed by atoms with Crippen molar-refractivity contribution in [2.24, 2.45) is 11.8 Å². The van der Waals surface area contributed by atoms with E-state index in [1.807, 2.05) is 18.7 Å². The van der Waals surface area contributed by atoms with E-state index in [4.69, 9.17) is 0 Å². The molecule has 0 aromatic carbocycles. The molecule has 0 spiro atoms. The van der Waals surface area contributed by atoms with E-state index in [2.05, 4.69) is 5.32 Å². The maximum Gasteiger partial charge on any atom is 0.225 e. The van der Waals surface area contributed by atoms with Crippen LogP contribution >= 0.6 is 0 Å². The maximum absolute atomic E-state index is 12.3. The number of likely N-dealkylation sites (tertiary alicyclic amines) is 1. The fourth-order valence-electron chi connectivity index (χ4n) is 3.04. The minimum atomic E-state index is 0.0400. The Morgan fingerprint density at radius 3 is 2.16 bits per heavy atom. The molecule has 2 fully saturated rings. The second kappa shape index (κ2) is 6.40. The van der Waals surface area contributed by atoms with Gasteiger partial charge in [-0.05, 0) is 25.7 Å². The predicted octanol–water partition coefficient (Wildman–Crippen LogP) is 1.94. The molecule has 1 aliphatic carbocycles. The molecule has 4 nitrogen and oxygen atoms in total. The van der Waals surface area contributed by atoms with Crippen molar-refractivity contribution in [3.05, 3.63) is 0 Å². The normalized spacial score (nSPS) is 21.9. The monoisotopic (exact) mass is 266 g/mol. The Morgan fingerprint density at radius 2 is 1.63 bits per heavy atom. The molecule has 19 heavy (non-hydrogen) atoms. The number of hydrogen-bond donors (Lipinski definition) is 1. The van der Waals surface area contributed by atoms with Gasteiger partial charge in [0.2, 0.25) is 11.8 Å². The summed E-state index contributed by atoms with van der Waals surface area (Å²) in [5, 5.41) is 3.07. The van der Waals surface area contributed by atoms with Gasteiger partial charge < -0.3 is 10.2 Å². The summed E-state index contributed by atoms with van der Waals surface area (Å²) in [5.74, 6) is 0.798. The molecule has 2 aliphatic rings. The van der Waals surface area contributed by atoms with E-state index < -0.39 is 0 Å². The molecule has 0 bridgehead atoms. The van der Waals surface area contributed by atoms with Gasteiger partial charge in [-0.3, -0.25) is 9.59 Å². The van der Waals surface area contributed by atoms with Crippen LogP contribution in [0.15, 0.2) is 0 Å². The minimum Gasteiger partial charge on any atom is -0.353 e. The van der Waals surface area contributed by atoms with Crippen molar-refractivity contribution in [1.82, 2.24) is 10.2 Å². The third-order valence-electron chi connectivity index (χ3n) is 4.38. The first-order valence-corrected chi connectivity index (χ1v) is 7.67. The van der Waals surface area contributed by atoms with Crippen molar-refractivity contribution >= 4 is 11.8 Å². The van der Waals surface area contributed by atoms with Gasteiger partial charge in [0, 0.05) is 31.0 Å². The standard InChI is InChI=1S/C15H26N2O2/c1-11(2)14(18)16-13-7-9-17(10-8-13)15(19)12-5-3-4-6-12/h11-13H,3-10H2,1-2H3,(H,16,18). The molecule has 1 saturated heterocycles. The lowest BCUT2D eigenvalue weighted by Crippen LogP contribution is -2.48. The molecule has 0 unspecified atom stereocenters. The van der Waals surface area contributed by atoms with Crippen LogP contribution in [0.4, 0.5) is 0 Å². The van der Waals surface area contributed by atoms with E-state index in [9.17, 15) is 9.59 Å². The molecule has 0 atom stereocenters. The van der Waals surface area contributed by atoms with Gasteiger partial charge >= 0.3 is 0 Å². The van der Waals surface area contributed by atoms with E-state index in [0.29, 0.717) is 5.91 Å². The van der Waals surface area contributed by atoms with E-state index in [-0.39, 0.29) is 23.8 Å². The van der Waals surface area contributed by atoms with E-state index in [0.717, 1.165) is 38.8 Å². The lowest BCUT2D eigenvalue weighted by molar-refractivity contribution is -0.136. The molecule has 0 radical (unpaired) electrons. The molecular weight excluding hydrogens is 240 g/mol. The molecule has 1 aliphatic heterocycles. The number of nitrogens with zero attached hydrogens (tertiary/aromatic N) is 1. The Morgan fingerprint density at radius 1 is 1.05 bits per heavy atom. The molecule has 0 aromatic heterocycles. The summed E-state index contributed by atoms with van der Waals surface area (Å²) in [5.41, 5.74) is 0. The summed E-state index contributed by atoms with van der Waals surface area (Å²) in [7, 11) is 0. The Kier molecular flexibility index (Phi) is 4.83. The second-order valence-electron chi connectivity index (χ2n) is 6.24. The van der Waals surface area contributed by atoms with Crippen molar-refractivity contribution in [3.8, 4) is 0 Å². The van der Waals surface area contributed by atoms with Gasteiger partial charge in [-0.25, -0.2) is 0 Å². The van der Waals surface area contributed by atoms with Crippen LogP contribution in [0.2, 0.25) is 0 Å². The highest BCUT2D eigenvalue weighted by molar-refractivity contribution is 5.79. The van der Waals surface area contributed by atoms with Gasteiger partial charge in [0.05, 0.1) is 0 Å². The molecule has 1 N–H and O–H groups in total. The van der Waals surface area contributed by atoms with Crippen LogP contribution in [0.1, 0.15) is 52.4 Å². The number of carbonyl (C=O) groups is 2. The van der Waals surface area contributed by atoms with Crippen LogP contribution in [-0.4, -0.2) is 35.8 Å². The molecule has 0 aromatic rings. The second-order valence-corrected chi connectivity index (χ2v) is 6.24. The SMILES string of the molecule is CC(C)C(=O)NC1CCN(C(=O)C2CCCC2)CC1. The van der Waals surface area contributed by atoms with Crippen LogP contribution < -0.4 is 5.32 Å². The maximum atomic E-state index is 12.3. The summed E-state index contributed by atoms with van der Waals surface area (Å²) in [6.45, 7) is 5.43. The Hall–Kier alpha value is -1.06. The topological polar surface area (TPSA) is 49.4 Å². The predicted molar refractivity (Wildman–Crippen MR) is 74.5 cm³/mol. The molecule has 1 heterocycles. The van der Waals surface area contributed by atoms with Gasteiger partial charge in [-0.2, -0.15) is 0 Å². The molecular formula is C15H26N2O2. The minimum absolute atomic E-state index is 0.0400. The molecule has 1 saturated carbocycles. The quantitative estimate of drug-likeness (QED) is 0.848. The van der Waals surface area contributed by atoms with Gasteiger partial charge in [0.1, 0.15) is 0 Å². The van der Waals surface area contributed by atoms with Crippen LogP contribution in [-0.2, 0) is 9.59 Å². The zero-order valence-electron chi connectivity index (χ0n) is 12.2. The average Bonchev–Trinajstić information content (AvgIpc) is 2.92. The molecule has 2 rings (SSSR count). The van der Waals surface area contributed by atoms with Crippen molar-refractivity contribution < 1.29 is 9.59 Å². The number of piperidine rings is 1. The van der Waals surface area contributed by atoms with Crippen LogP contribution in [0.3, 0.4) is 0 Å². The Balaban J connectivity index is 1.75. The summed E-state index contributed by atoms with van der Waals surface area (Å²) < 4.78 is 0. The van der Waals surface area contributed by atoms with Crippen LogP contribution in [0, 0.1) is 11.8 Å². The first kappa shape index (κ1) is 14.4. The highest BCUT2D eigenvalue weighted by atomic mass is 16.2. The number of hydrogen-bond acceptors (Lipinski definition) is 2. The average molecular weight is 266 g/mol. The van der Waals surface area contributed by atoms with Gasteiger partial charge in [-0.1, -0.05) is 26.7 Å². The lowest BCUT2D eigenvalue weighted by Gasteiger charge is -2.34. The van der Waals surface area contributed by atoms with E-state index in [1.54, 1.807) is 0 Å². The lowest BCUT2D eigenvalue weighted by atomic mass is 10.0.